The molecular formula is C21H24N2O5. The molecular weight excluding hydrogens is 360 g/mol. The zero-order chi connectivity index (χ0) is 19.8. The summed E-state index contributed by atoms with van der Waals surface area (Å²) in [6.07, 6.45) is 0. The van der Waals surface area contributed by atoms with Crippen molar-refractivity contribution in [1.82, 2.24) is 9.88 Å². The number of carbonyl (C=O) groups excluding carboxylic acids is 1. The second-order valence-electron chi connectivity index (χ2n) is 6.27. The number of aromatic nitrogens is 1. The first-order valence-electron chi connectivity index (χ1n) is 9.25. The van der Waals surface area contributed by atoms with Crippen LogP contribution >= 0.6 is 0 Å². The molecule has 148 valence electrons. The van der Waals surface area contributed by atoms with Crippen LogP contribution in [0.3, 0.4) is 0 Å². The molecule has 7 nitrogen and oxygen atoms in total. The topological polar surface area (TPSA) is 82.7 Å². The van der Waals surface area contributed by atoms with Crippen molar-refractivity contribution in [3.8, 4) is 0 Å². The molecule has 1 amide bonds. The van der Waals surface area contributed by atoms with Crippen molar-refractivity contribution in [1.29, 1.82) is 0 Å². The lowest BCUT2D eigenvalue weighted by molar-refractivity contribution is -0.121. The molecule has 0 aliphatic carbocycles. The summed E-state index contributed by atoms with van der Waals surface area (Å²) < 4.78 is 17.3. The smallest absolute Gasteiger partial charge is 0.408 e. The molecule has 0 saturated heterocycles. The van der Waals surface area contributed by atoms with Gasteiger partial charge in [0.25, 0.3) is 0 Å². The van der Waals surface area contributed by atoms with Crippen LogP contribution in [0, 0.1) is 0 Å². The van der Waals surface area contributed by atoms with Crippen molar-refractivity contribution < 1.29 is 18.7 Å². The fraction of sp³-hybridized carbons (Fsp3) is 0.333. The Bertz CT molecular complexity index is 976. The van der Waals surface area contributed by atoms with Gasteiger partial charge in [-0.1, -0.05) is 36.4 Å². The van der Waals surface area contributed by atoms with E-state index in [2.05, 4.69) is 5.32 Å². The summed E-state index contributed by atoms with van der Waals surface area (Å²) in [5.74, 6) is -0.797. The highest BCUT2D eigenvalue weighted by Gasteiger charge is 2.12. The maximum atomic E-state index is 12.3. The summed E-state index contributed by atoms with van der Waals surface area (Å²) in [4.78, 5) is 24.2. The van der Waals surface area contributed by atoms with Gasteiger partial charge in [-0.15, -0.1) is 0 Å². The summed E-state index contributed by atoms with van der Waals surface area (Å²) in [6.45, 7) is 4.52. The molecule has 1 N–H and O–H groups in total. The van der Waals surface area contributed by atoms with E-state index < -0.39 is 5.76 Å². The number of benzene rings is 2. The highest BCUT2D eigenvalue weighted by Crippen LogP contribution is 2.11. The van der Waals surface area contributed by atoms with Crippen LogP contribution in [0.15, 0.2) is 57.7 Å². The molecule has 0 atom stereocenters. The number of hydrogen-bond acceptors (Lipinski definition) is 5. The molecule has 1 aromatic heterocycles. The van der Waals surface area contributed by atoms with E-state index in [1.54, 1.807) is 24.3 Å². The second-order valence-corrected chi connectivity index (χ2v) is 6.27. The van der Waals surface area contributed by atoms with Crippen LogP contribution < -0.4 is 11.1 Å². The molecule has 2 aromatic carbocycles. The normalized spacial score (nSPS) is 11.0. The number of hydrogen-bond donors (Lipinski definition) is 1. The van der Waals surface area contributed by atoms with E-state index in [1.165, 1.54) is 4.57 Å². The highest BCUT2D eigenvalue weighted by atomic mass is 16.5. The molecule has 0 aliphatic heterocycles. The molecule has 0 spiro atoms. The average molecular weight is 384 g/mol. The zero-order valence-corrected chi connectivity index (χ0v) is 15.8. The van der Waals surface area contributed by atoms with Crippen LogP contribution in [0.25, 0.3) is 11.1 Å². The van der Waals surface area contributed by atoms with Crippen LogP contribution in [-0.4, -0.2) is 30.3 Å². The number of rotatable bonds is 10. The van der Waals surface area contributed by atoms with Gasteiger partial charge in [0, 0.05) is 13.2 Å². The van der Waals surface area contributed by atoms with Crippen LogP contribution in [0.2, 0.25) is 0 Å². The van der Waals surface area contributed by atoms with E-state index in [-0.39, 0.29) is 12.5 Å². The largest absolute Gasteiger partial charge is 0.420 e. The predicted octanol–water partition coefficient (Wildman–Crippen LogP) is 2.46. The van der Waals surface area contributed by atoms with Gasteiger partial charge in [0.15, 0.2) is 5.58 Å². The molecule has 3 rings (SSSR count). The maximum Gasteiger partial charge on any atom is 0.420 e. The fourth-order valence-electron chi connectivity index (χ4n) is 2.85. The Labute approximate surface area is 162 Å². The lowest BCUT2D eigenvalue weighted by Gasteiger charge is -2.09. The Balaban J connectivity index is 1.52. The number of oxazole rings is 1. The molecule has 3 aromatic rings. The average Bonchev–Trinajstić information content (AvgIpc) is 3.02. The Hall–Kier alpha value is -2.90. The van der Waals surface area contributed by atoms with Crippen molar-refractivity contribution in [2.24, 2.45) is 0 Å². The Morgan fingerprint density at radius 2 is 1.86 bits per heavy atom. The van der Waals surface area contributed by atoms with Gasteiger partial charge in [-0.2, -0.15) is 0 Å². The van der Waals surface area contributed by atoms with Crippen molar-refractivity contribution in [2.75, 3.05) is 19.8 Å². The highest BCUT2D eigenvalue weighted by molar-refractivity contribution is 5.79. The first kappa shape index (κ1) is 19.9. The zero-order valence-electron chi connectivity index (χ0n) is 15.8. The van der Waals surface area contributed by atoms with Crippen molar-refractivity contribution in [3.05, 3.63) is 70.2 Å². The quantitative estimate of drug-likeness (QED) is 0.543. The van der Waals surface area contributed by atoms with E-state index in [4.69, 9.17) is 13.9 Å². The van der Waals surface area contributed by atoms with E-state index in [1.807, 2.05) is 31.2 Å². The summed E-state index contributed by atoms with van der Waals surface area (Å²) in [6, 6.07) is 14.9. The Morgan fingerprint density at radius 3 is 2.71 bits per heavy atom. The molecule has 0 saturated carbocycles. The van der Waals surface area contributed by atoms with Crippen LogP contribution in [0.4, 0.5) is 0 Å². The fourth-order valence-corrected chi connectivity index (χ4v) is 2.85. The number of amides is 1. The number of nitrogens with zero attached hydrogens (tertiary/aromatic N) is 1. The van der Waals surface area contributed by atoms with E-state index in [0.29, 0.717) is 44.1 Å². The number of ether oxygens (including phenoxy) is 2. The molecule has 0 bridgehead atoms. The summed E-state index contributed by atoms with van der Waals surface area (Å²) >= 11 is 0. The first-order chi connectivity index (χ1) is 13.7. The molecule has 28 heavy (non-hydrogen) atoms. The number of para-hydroxylation sites is 2. The van der Waals surface area contributed by atoms with Crippen LogP contribution in [0.1, 0.15) is 18.1 Å². The van der Waals surface area contributed by atoms with E-state index in [9.17, 15) is 9.59 Å². The van der Waals surface area contributed by atoms with Gasteiger partial charge < -0.3 is 19.2 Å². The SMILES string of the molecule is CCOCCOCc1cccc(CNC(=O)Cn2c(=O)oc3ccccc32)c1. The second kappa shape index (κ2) is 9.87. The summed E-state index contributed by atoms with van der Waals surface area (Å²) in [7, 11) is 0. The van der Waals surface area contributed by atoms with E-state index >= 15 is 0 Å². The van der Waals surface area contributed by atoms with Crippen molar-refractivity contribution in [2.45, 2.75) is 26.6 Å². The lowest BCUT2D eigenvalue weighted by Crippen LogP contribution is -2.30. The Morgan fingerprint density at radius 1 is 1.07 bits per heavy atom. The molecule has 0 aliphatic rings. The Kier molecular flexibility index (Phi) is 7.00. The molecule has 0 radical (unpaired) electrons. The monoisotopic (exact) mass is 384 g/mol. The van der Waals surface area contributed by atoms with Gasteiger partial charge in [0.2, 0.25) is 5.91 Å². The minimum Gasteiger partial charge on any atom is -0.408 e. The van der Waals surface area contributed by atoms with Gasteiger partial charge in [0.05, 0.1) is 25.3 Å². The predicted molar refractivity (Wildman–Crippen MR) is 105 cm³/mol. The summed E-state index contributed by atoms with van der Waals surface area (Å²) in [5, 5.41) is 2.84. The third-order valence-electron chi connectivity index (χ3n) is 4.20. The van der Waals surface area contributed by atoms with E-state index in [0.717, 1.165) is 11.1 Å². The van der Waals surface area contributed by atoms with Gasteiger partial charge in [-0.3, -0.25) is 9.36 Å². The number of fused-ring (bicyclic) bond motifs is 1. The van der Waals surface area contributed by atoms with Crippen LogP contribution in [0.5, 0.6) is 0 Å². The molecule has 7 heteroatoms. The third kappa shape index (κ3) is 5.31. The number of nitrogens with one attached hydrogen (secondary N) is 1. The van der Waals surface area contributed by atoms with Gasteiger partial charge in [0.1, 0.15) is 6.54 Å². The molecule has 1 heterocycles. The number of carbonyl (C=O) groups is 1. The minimum absolute atomic E-state index is 0.0872. The molecule has 0 unspecified atom stereocenters. The van der Waals surface area contributed by atoms with Gasteiger partial charge in [-0.25, -0.2) is 4.79 Å². The minimum atomic E-state index is -0.539. The standard InChI is InChI=1S/C21H24N2O5/c1-2-26-10-11-27-15-17-7-5-6-16(12-17)13-22-20(24)14-23-18-8-3-4-9-19(18)28-21(23)25/h3-9,12H,2,10-11,13-15H2,1H3,(H,22,24). The molecule has 0 fully saturated rings. The maximum absolute atomic E-state index is 12.3. The lowest BCUT2D eigenvalue weighted by atomic mass is 10.1. The first-order valence-corrected chi connectivity index (χ1v) is 9.25. The summed E-state index contributed by atoms with van der Waals surface area (Å²) in [5.41, 5.74) is 3.06. The van der Waals surface area contributed by atoms with Crippen molar-refractivity contribution >= 4 is 17.0 Å². The third-order valence-corrected chi connectivity index (χ3v) is 4.20. The van der Waals surface area contributed by atoms with Gasteiger partial charge >= 0.3 is 5.76 Å². The van der Waals surface area contributed by atoms with Gasteiger partial charge in [-0.05, 0) is 30.2 Å². The van der Waals surface area contributed by atoms with Crippen LogP contribution in [-0.2, 0) is 34.0 Å². The van der Waals surface area contributed by atoms with Crippen molar-refractivity contribution in [3.63, 3.8) is 0 Å².